The first kappa shape index (κ1) is 14.3. The van der Waals surface area contributed by atoms with Crippen molar-refractivity contribution >= 4 is 0 Å². The van der Waals surface area contributed by atoms with Crippen molar-refractivity contribution in [2.24, 2.45) is 0 Å². The van der Waals surface area contributed by atoms with Gasteiger partial charge in [0.2, 0.25) is 0 Å². The lowest BCUT2D eigenvalue weighted by Crippen LogP contribution is -1.87. The van der Waals surface area contributed by atoms with Crippen molar-refractivity contribution in [2.75, 3.05) is 0 Å². The van der Waals surface area contributed by atoms with E-state index in [9.17, 15) is 0 Å². The molecule has 0 aliphatic rings. The summed E-state index contributed by atoms with van der Waals surface area (Å²) >= 11 is 0. The summed E-state index contributed by atoms with van der Waals surface area (Å²) in [5.74, 6) is 0. The predicted octanol–water partition coefficient (Wildman–Crippen LogP) is 5.48. The van der Waals surface area contributed by atoms with Crippen LogP contribution < -0.4 is 0 Å². The number of benzene rings is 2. The molecule has 0 spiro atoms. The number of rotatable bonds is 3. The van der Waals surface area contributed by atoms with E-state index in [2.05, 4.69) is 52.4 Å². The molecule has 0 N–H and O–H groups in total. The zero-order chi connectivity index (χ0) is 16.2. The van der Waals surface area contributed by atoms with Crippen LogP contribution in [0.3, 0.4) is 0 Å². The van der Waals surface area contributed by atoms with Gasteiger partial charge in [-0.2, -0.15) is 0 Å². The minimum Gasteiger partial charge on any atom is -0.263 e. The smallest absolute Gasteiger partial charge is 0.0702 e. The van der Waals surface area contributed by atoms with Crippen LogP contribution in [0, 0.1) is 0 Å². The van der Waals surface area contributed by atoms with Gasteiger partial charge in [0.25, 0.3) is 0 Å². The Balaban J connectivity index is 1.67. The van der Waals surface area contributed by atoms with Crippen LogP contribution in [0.4, 0.5) is 0 Å². The summed E-state index contributed by atoms with van der Waals surface area (Å²) in [6.07, 6.45) is 5.68. The normalized spacial score (nSPS) is 10.5. The van der Waals surface area contributed by atoms with Crippen LogP contribution in [0.15, 0.2) is 97.5 Å². The molecule has 2 nitrogen and oxygen atoms in total. The van der Waals surface area contributed by atoms with E-state index in [1.54, 1.807) is 0 Å². The highest BCUT2D eigenvalue weighted by atomic mass is 14.7. The Morgan fingerprint density at radius 1 is 0.458 bits per heavy atom. The van der Waals surface area contributed by atoms with Crippen molar-refractivity contribution in [3.8, 4) is 33.5 Å². The molecule has 0 bridgehead atoms. The minimum absolute atomic E-state index is 0.978. The van der Waals surface area contributed by atoms with E-state index in [1.165, 1.54) is 5.56 Å². The second-order valence-electron chi connectivity index (χ2n) is 5.63. The molecule has 0 radical (unpaired) electrons. The van der Waals surface area contributed by atoms with E-state index in [0.717, 1.165) is 27.9 Å². The lowest BCUT2D eigenvalue weighted by molar-refractivity contribution is 1.30. The summed E-state index contributed by atoms with van der Waals surface area (Å²) in [5.41, 5.74) is 6.52. The quantitative estimate of drug-likeness (QED) is 0.501. The molecule has 2 aromatic carbocycles. The molecule has 0 aliphatic carbocycles. The van der Waals surface area contributed by atoms with Crippen molar-refractivity contribution in [1.82, 2.24) is 9.97 Å². The van der Waals surface area contributed by atoms with Crippen molar-refractivity contribution < 1.29 is 0 Å². The molecule has 0 aliphatic heterocycles. The van der Waals surface area contributed by atoms with Crippen LogP contribution in [0.5, 0.6) is 0 Å². The van der Waals surface area contributed by atoms with Crippen molar-refractivity contribution in [1.29, 1.82) is 0 Å². The third-order valence-electron chi connectivity index (χ3n) is 4.01. The molecule has 0 fully saturated rings. The van der Waals surface area contributed by atoms with Crippen molar-refractivity contribution in [2.45, 2.75) is 0 Å². The van der Waals surface area contributed by atoms with Crippen LogP contribution in [0.25, 0.3) is 33.5 Å². The maximum Gasteiger partial charge on any atom is 0.0702 e. The predicted molar refractivity (Wildman–Crippen MR) is 98.3 cm³/mol. The minimum atomic E-state index is 0.978. The standard InChI is InChI=1S/C22H16N2/c1-3-7-17(8-4-1)20-13-21(15-23-14-20)19-11-12-22(24-16-19)18-9-5-2-6-10-18/h1-16H. The van der Waals surface area contributed by atoms with Gasteiger partial charge in [-0.1, -0.05) is 66.7 Å². The van der Waals surface area contributed by atoms with Gasteiger partial charge in [-0.15, -0.1) is 0 Å². The second kappa shape index (κ2) is 6.47. The Kier molecular flexibility index (Phi) is 3.86. The maximum absolute atomic E-state index is 4.60. The molecule has 2 heterocycles. The summed E-state index contributed by atoms with van der Waals surface area (Å²) in [6, 6.07) is 26.8. The molecule has 0 saturated heterocycles. The Morgan fingerprint density at radius 3 is 1.71 bits per heavy atom. The maximum atomic E-state index is 4.60. The fraction of sp³-hybridized carbons (Fsp3) is 0. The lowest BCUT2D eigenvalue weighted by Gasteiger charge is -2.06. The molecular formula is C22H16N2. The van der Waals surface area contributed by atoms with E-state index >= 15 is 0 Å². The van der Waals surface area contributed by atoms with Crippen LogP contribution in [-0.4, -0.2) is 9.97 Å². The van der Waals surface area contributed by atoms with Gasteiger partial charge in [0.15, 0.2) is 0 Å². The van der Waals surface area contributed by atoms with Crippen molar-refractivity contribution in [3.05, 3.63) is 97.5 Å². The second-order valence-corrected chi connectivity index (χ2v) is 5.63. The molecule has 2 heteroatoms. The average Bonchev–Trinajstić information content (AvgIpc) is 2.70. The van der Waals surface area contributed by atoms with Crippen LogP contribution in [0.1, 0.15) is 0 Å². The summed E-state index contributed by atoms with van der Waals surface area (Å²) in [5, 5.41) is 0. The molecule has 4 aromatic rings. The highest BCUT2D eigenvalue weighted by Crippen LogP contribution is 2.26. The number of nitrogens with zero attached hydrogens (tertiary/aromatic N) is 2. The van der Waals surface area contributed by atoms with Crippen LogP contribution in [0.2, 0.25) is 0 Å². The van der Waals surface area contributed by atoms with Gasteiger partial charge in [0, 0.05) is 40.8 Å². The van der Waals surface area contributed by atoms with Gasteiger partial charge >= 0.3 is 0 Å². The number of hydrogen-bond donors (Lipinski definition) is 0. The SMILES string of the molecule is c1ccc(-c2cncc(-c3ccc(-c4ccccc4)nc3)c2)cc1. The van der Waals surface area contributed by atoms with E-state index in [-0.39, 0.29) is 0 Å². The molecule has 24 heavy (non-hydrogen) atoms. The van der Waals surface area contributed by atoms with Gasteiger partial charge in [-0.25, -0.2) is 0 Å². The number of aromatic nitrogens is 2. The first-order valence-corrected chi connectivity index (χ1v) is 7.92. The van der Waals surface area contributed by atoms with Gasteiger partial charge in [0.05, 0.1) is 5.69 Å². The van der Waals surface area contributed by atoms with Gasteiger partial charge < -0.3 is 0 Å². The summed E-state index contributed by atoms with van der Waals surface area (Å²) in [4.78, 5) is 8.99. The molecule has 0 unspecified atom stereocenters. The molecule has 0 saturated carbocycles. The Bertz CT molecular complexity index is 930. The zero-order valence-corrected chi connectivity index (χ0v) is 13.1. The molecule has 0 amide bonds. The van der Waals surface area contributed by atoms with E-state index in [1.807, 2.05) is 55.0 Å². The Labute approximate surface area is 141 Å². The Hall–Kier alpha value is -3.26. The first-order valence-electron chi connectivity index (χ1n) is 7.92. The summed E-state index contributed by atoms with van der Waals surface area (Å²) in [6.45, 7) is 0. The Morgan fingerprint density at radius 2 is 1.08 bits per heavy atom. The molecule has 114 valence electrons. The van der Waals surface area contributed by atoms with E-state index in [0.29, 0.717) is 0 Å². The third kappa shape index (κ3) is 2.95. The van der Waals surface area contributed by atoms with E-state index < -0.39 is 0 Å². The van der Waals surface area contributed by atoms with E-state index in [4.69, 9.17) is 0 Å². The topological polar surface area (TPSA) is 25.8 Å². The highest BCUT2D eigenvalue weighted by Gasteiger charge is 2.04. The molecule has 2 aromatic heterocycles. The van der Waals surface area contributed by atoms with Gasteiger partial charge in [0.1, 0.15) is 0 Å². The fourth-order valence-electron chi connectivity index (χ4n) is 2.73. The van der Waals surface area contributed by atoms with Gasteiger partial charge in [-0.3, -0.25) is 9.97 Å². The summed E-state index contributed by atoms with van der Waals surface area (Å²) in [7, 11) is 0. The highest BCUT2D eigenvalue weighted by molar-refractivity contribution is 5.72. The first-order chi connectivity index (χ1) is 11.9. The molecular weight excluding hydrogens is 292 g/mol. The number of pyridine rings is 2. The third-order valence-corrected chi connectivity index (χ3v) is 4.01. The van der Waals surface area contributed by atoms with Gasteiger partial charge in [-0.05, 0) is 17.7 Å². The monoisotopic (exact) mass is 308 g/mol. The summed E-state index contributed by atoms with van der Waals surface area (Å²) < 4.78 is 0. The molecule has 4 rings (SSSR count). The average molecular weight is 308 g/mol. The number of hydrogen-bond acceptors (Lipinski definition) is 2. The largest absolute Gasteiger partial charge is 0.263 e. The van der Waals surface area contributed by atoms with Crippen LogP contribution >= 0.6 is 0 Å². The lowest BCUT2D eigenvalue weighted by atomic mass is 10.0. The fourth-order valence-corrected chi connectivity index (χ4v) is 2.73. The zero-order valence-electron chi connectivity index (χ0n) is 13.1. The van der Waals surface area contributed by atoms with Crippen molar-refractivity contribution in [3.63, 3.8) is 0 Å². The molecule has 0 atom stereocenters. The van der Waals surface area contributed by atoms with Crippen LogP contribution in [-0.2, 0) is 0 Å².